The zero-order valence-electron chi connectivity index (χ0n) is 14.8. The third kappa shape index (κ3) is 3.35. The fraction of sp³-hybridized carbons (Fsp3) is 0.333. The first-order valence-corrected chi connectivity index (χ1v) is 8.33. The molecule has 136 valence electrons. The van der Waals surface area contributed by atoms with Gasteiger partial charge in [0.25, 0.3) is 5.56 Å². The Labute approximate surface area is 149 Å². The summed E-state index contributed by atoms with van der Waals surface area (Å²) >= 11 is 0. The maximum absolute atomic E-state index is 14.1. The zero-order chi connectivity index (χ0) is 18.8. The summed E-state index contributed by atoms with van der Waals surface area (Å²) < 4.78 is 15.6. The molecule has 0 aliphatic heterocycles. The summed E-state index contributed by atoms with van der Waals surface area (Å²) in [5.74, 6) is 0.323. The molecule has 3 rings (SSSR count). The highest BCUT2D eigenvalue weighted by atomic mass is 19.1. The van der Waals surface area contributed by atoms with Crippen molar-refractivity contribution < 1.29 is 9.18 Å². The van der Waals surface area contributed by atoms with Crippen LogP contribution in [0.1, 0.15) is 31.1 Å². The Bertz CT molecular complexity index is 1020. The number of carbonyl (C=O) groups is 1. The number of H-pyrrole nitrogens is 1. The van der Waals surface area contributed by atoms with E-state index >= 15 is 0 Å². The third-order valence-corrected chi connectivity index (χ3v) is 4.12. The predicted octanol–water partition coefficient (Wildman–Crippen LogP) is 2.38. The average Bonchev–Trinajstić information content (AvgIpc) is 3.02. The normalized spacial score (nSPS) is 11.3. The molecule has 2 N–H and O–H groups in total. The first-order chi connectivity index (χ1) is 12.4. The van der Waals surface area contributed by atoms with Gasteiger partial charge >= 0.3 is 0 Å². The van der Waals surface area contributed by atoms with Crippen molar-refractivity contribution in [2.24, 2.45) is 5.92 Å². The second-order valence-electron chi connectivity index (χ2n) is 6.60. The number of imidazole rings is 1. The molecule has 0 aromatic carbocycles. The topological polar surface area (TPSA) is 92.7 Å². The molecule has 0 fully saturated rings. The fourth-order valence-electron chi connectivity index (χ4n) is 2.87. The van der Waals surface area contributed by atoms with Crippen molar-refractivity contribution in [1.29, 1.82) is 0 Å². The van der Waals surface area contributed by atoms with E-state index in [4.69, 9.17) is 0 Å². The van der Waals surface area contributed by atoms with E-state index in [9.17, 15) is 14.0 Å². The number of halogens is 1. The van der Waals surface area contributed by atoms with Gasteiger partial charge in [-0.3, -0.25) is 14.6 Å². The minimum absolute atomic E-state index is 0.133. The molecule has 0 unspecified atom stereocenters. The maximum Gasteiger partial charge on any atom is 0.274 e. The molecule has 3 aromatic heterocycles. The first-order valence-electron chi connectivity index (χ1n) is 8.33. The second kappa shape index (κ2) is 7.07. The number of carbonyl (C=O) groups excluding carboxylic acids is 1. The Morgan fingerprint density at radius 2 is 2.15 bits per heavy atom. The van der Waals surface area contributed by atoms with Crippen molar-refractivity contribution in [2.45, 2.75) is 33.7 Å². The molecule has 0 aliphatic rings. The van der Waals surface area contributed by atoms with Gasteiger partial charge in [0.2, 0.25) is 6.41 Å². The number of fused-ring (bicyclic) bond motifs is 1. The van der Waals surface area contributed by atoms with Crippen LogP contribution in [0.25, 0.3) is 11.0 Å². The van der Waals surface area contributed by atoms with Gasteiger partial charge in [0.15, 0.2) is 5.82 Å². The van der Waals surface area contributed by atoms with Gasteiger partial charge in [0.1, 0.15) is 22.5 Å². The number of anilines is 1. The van der Waals surface area contributed by atoms with Crippen LogP contribution in [0.3, 0.4) is 0 Å². The minimum atomic E-state index is -0.480. The van der Waals surface area contributed by atoms with Crippen molar-refractivity contribution in [3.63, 3.8) is 0 Å². The van der Waals surface area contributed by atoms with Crippen LogP contribution >= 0.6 is 0 Å². The van der Waals surface area contributed by atoms with Gasteiger partial charge in [-0.05, 0) is 31.4 Å². The van der Waals surface area contributed by atoms with Gasteiger partial charge in [0.05, 0.1) is 18.4 Å². The van der Waals surface area contributed by atoms with E-state index in [-0.39, 0.29) is 17.8 Å². The van der Waals surface area contributed by atoms with E-state index in [1.165, 1.54) is 10.8 Å². The number of nitrogens with one attached hydrogen (secondary N) is 2. The van der Waals surface area contributed by atoms with Crippen molar-refractivity contribution in [1.82, 2.24) is 19.5 Å². The average molecular weight is 357 g/mol. The number of hydrogen-bond acceptors (Lipinski definition) is 4. The highest BCUT2D eigenvalue weighted by Gasteiger charge is 2.15. The lowest BCUT2D eigenvalue weighted by atomic mass is 10.1. The Morgan fingerprint density at radius 3 is 2.85 bits per heavy atom. The second-order valence-corrected chi connectivity index (χ2v) is 6.60. The SMILES string of the molecule is Cc1ccc(NC=O)c(=O)n1Cc1nc2c(CC(C)C)ncc(F)c2[nH]1. The monoisotopic (exact) mass is 357 g/mol. The summed E-state index contributed by atoms with van der Waals surface area (Å²) in [5.41, 5.74) is 2.03. The van der Waals surface area contributed by atoms with Gasteiger partial charge in [0, 0.05) is 5.69 Å². The quantitative estimate of drug-likeness (QED) is 0.663. The smallest absolute Gasteiger partial charge is 0.274 e. The zero-order valence-corrected chi connectivity index (χ0v) is 14.8. The summed E-state index contributed by atoms with van der Waals surface area (Å²) in [7, 11) is 0. The van der Waals surface area contributed by atoms with E-state index in [1.54, 1.807) is 19.1 Å². The van der Waals surface area contributed by atoms with E-state index in [0.717, 1.165) is 5.69 Å². The summed E-state index contributed by atoms with van der Waals surface area (Å²) in [4.78, 5) is 34.7. The number of aryl methyl sites for hydroxylation is 1. The Kier molecular flexibility index (Phi) is 4.83. The Morgan fingerprint density at radius 1 is 1.38 bits per heavy atom. The molecular formula is C18H20FN5O2. The molecule has 3 heterocycles. The van der Waals surface area contributed by atoms with Crippen LogP contribution in [0.15, 0.2) is 23.1 Å². The number of aromatic amines is 1. The molecule has 26 heavy (non-hydrogen) atoms. The van der Waals surface area contributed by atoms with Gasteiger partial charge < -0.3 is 14.9 Å². The lowest BCUT2D eigenvalue weighted by molar-refractivity contribution is -0.105. The van der Waals surface area contributed by atoms with E-state index in [1.807, 2.05) is 0 Å². The van der Waals surface area contributed by atoms with Crippen LogP contribution in [0.4, 0.5) is 10.1 Å². The number of aromatic nitrogens is 4. The highest BCUT2D eigenvalue weighted by molar-refractivity contribution is 5.78. The van der Waals surface area contributed by atoms with Crippen molar-refractivity contribution in [3.8, 4) is 0 Å². The molecule has 3 aromatic rings. The number of hydrogen-bond donors (Lipinski definition) is 2. The van der Waals surface area contributed by atoms with Crippen molar-refractivity contribution in [3.05, 3.63) is 51.7 Å². The van der Waals surface area contributed by atoms with E-state index < -0.39 is 5.82 Å². The largest absolute Gasteiger partial charge is 0.338 e. The summed E-state index contributed by atoms with van der Waals surface area (Å²) in [5, 5.41) is 2.38. The fourth-order valence-corrected chi connectivity index (χ4v) is 2.87. The number of amides is 1. The molecular weight excluding hydrogens is 337 g/mol. The predicted molar refractivity (Wildman–Crippen MR) is 96.6 cm³/mol. The molecule has 1 amide bonds. The molecule has 8 heteroatoms. The minimum Gasteiger partial charge on any atom is -0.338 e. The van der Waals surface area contributed by atoms with Crippen LogP contribution in [0.5, 0.6) is 0 Å². The first kappa shape index (κ1) is 17.8. The summed E-state index contributed by atoms with van der Waals surface area (Å²) in [6.45, 7) is 6.02. The molecule has 0 saturated heterocycles. The van der Waals surface area contributed by atoms with Gasteiger partial charge in [-0.2, -0.15) is 0 Å². The molecule has 0 radical (unpaired) electrons. The molecule has 7 nitrogen and oxygen atoms in total. The molecule has 0 spiro atoms. The summed E-state index contributed by atoms with van der Waals surface area (Å²) in [6, 6.07) is 3.27. The van der Waals surface area contributed by atoms with E-state index in [0.29, 0.717) is 41.3 Å². The van der Waals surface area contributed by atoms with E-state index in [2.05, 4.69) is 34.1 Å². The van der Waals surface area contributed by atoms with Gasteiger partial charge in [-0.1, -0.05) is 13.8 Å². The lowest BCUT2D eigenvalue weighted by Crippen LogP contribution is -2.25. The third-order valence-electron chi connectivity index (χ3n) is 4.12. The molecule has 0 saturated carbocycles. The Hall–Kier alpha value is -3.03. The van der Waals surface area contributed by atoms with Crippen molar-refractivity contribution >= 4 is 23.1 Å². The summed E-state index contributed by atoms with van der Waals surface area (Å²) in [6.07, 6.45) is 2.32. The van der Waals surface area contributed by atoms with Crippen LogP contribution < -0.4 is 10.9 Å². The number of rotatable bonds is 6. The highest BCUT2D eigenvalue weighted by Crippen LogP contribution is 2.20. The van der Waals surface area contributed by atoms with Gasteiger partial charge in [-0.15, -0.1) is 0 Å². The van der Waals surface area contributed by atoms with Crippen molar-refractivity contribution in [2.75, 3.05) is 5.32 Å². The van der Waals surface area contributed by atoms with Crippen LogP contribution in [0, 0.1) is 18.7 Å². The molecule has 0 aliphatic carbocycles. The van der Waals surface area contributed by atoms with Crippen LogP contribution in [-0.4, -0.2) is 25.9 Å². The molecule has 0 bridgehead atoms. The van der Waals surface area contributed by atoms with Crippen LogP contribution in [0.2, 0.25) is 0 Å². The van der Waals surface area contributed by atoms with Crippen LogP contribution in [-0.2, 0) is 17.8 Å². The van der Waals surface area contributed by atoms with Gasteiger partial charge in [-0.25, -0.2) is 9.37 Å². The Balaban J connectivity index is 2.05. The lowest BCUT2D eigenvalue weighted by Gasteiger charge is -2.10. The number of nitrogens with zero attached hydrogens (tertiary/aromatic N) is 3. The molecule has 0 atom stereocenters. The standard InChI is InChI=1S/C18H20FN5O2/c1-10(2)6-14-17-16(12(19)7-20-14)22-15(23-17)8-24-11(3)4-5-13(18(24)26)21-9-25/h4-5,7,9-10H,6,8H2,1-3H3,(H,21,25)(H,22,23). The number of pyridine rings is 2. The maximum atomic E-state index is 14.1.